The van der Waals surface area contributed by atoms with Crippen LogP contribution in [0.4, 0.5) is 5.82 Å². The molecule has 5 heteroatoms. The van der Waals surface area contributed by atoms with Crippen molar-refractivity contribution in [1.29, 1.82) is 0 Å². The maximum Gasteiger partial charge on any atom is 0.196 e. The third-order valence-electron chi connectivity index (χ3n) is 3.77. The molecular weight excluding hydrogens is 264 g/mol. The van der Waals surface area contributed by atoms with Gasteiger partial charge in [-0.05, 0) is 25.2 Å². The Morgan fingerprint density at radius 3 is 2.76 bits per heavy atom. The molecular formula is C16H20N4O. The molecule has 2 aromatic heterocycles. The molecule has 0 atom stereocenters. The van der Waals surface area contributed by atoms with E-state index in [9.17, 15) is 0 Å². The van der Waals surface area contributed by atoms with Gasteiger partial charge in [-0.1, -0.05) is 26.0 Å². The first-order valence-electron chi connectivity index (χ1n) is 7.42. The van der Waals surface area contributed by atoms with Crippen LogP contribution in [0.5, 0.6) is 0 Å². The van der Waals surface area contributed by atoms with E-state index in [4.69, 9.17) is 4.42 Å². The van der Waals surface area contributed by atoms with E-state index in [0.29, 0.717) is 0 Å². The van der Waals surface area contributed by atoms with Gasteiger partial charge in [-0.15, -0.1) is 0 Å². The molecule has 0 fully saturated rings. The topological polar surface area (TPSA) is 54.2 Å². The highest BCUT2D eigenvalue weighted by Crippen LogP contribution is 2.29. The van der Waals surface area contributed by atoms with E-state index in [1.807, 2.05) is 24.3 Å². The van der Waals surface area contributed by atoms with Gasteiger partial charge in [-0.3, -0.25) is 0 Å². The summed E-state index contributed by atoms with van der Waals surface area (Å²) < 4.78 is 5.89. The minimum atomic E-state index is 0.734. The number of benzene rings is 1. The number of para-hydroxylation sites is 1. The molecule has 1 aromatic carbocycles. The van der Waals surface area contributed by atoms with Crippen molar-refractivity contribution in [3.63, 3.8) is 0 Å². The van der Waals surface area contributed by atoms with E-state index in [-0.39, 0.29) is 0 Å². The van der Waals surface area contributed by atoms with E-state index in [1.165, 1.54) is 0 Å². The van der Waals surface area contributed by atoms with Crippen LogP contribution in [0.1, 0.15) is 13.8 Å². The van der Waals surface area contributed by atoms with Crippen molar-refractivity contribution in [3.05, 3.63) is 30.6 Å². The maximum atomic E-state index is 5.89. The average molecular weight is 284 g/mol. The Morgan fingerprint density at radius 1 is 1.14 bits per heavy atom. The van der Waals surface area contributed by atoms with Crippen molar-refractivity contribution in [2.24, 2.45) is 0 Å². The van der Waals surface area contributed by atoms with E-state index < -0.39 is 0 Å². The van der Waals surface area contributed by atoms with E-state index >= 15 is 0 Å². The number of furan rings is 1. The lowest BCUT2D eigenvalue weighted by molar-refractivity contribution is 0.316. The summed E-state index contributed by atoms with van der Waals surface area (Å²) >= 11 is 0. The molecule has 110 valence electrons. The van der Waals surface area contributed by atoms with Gasteiger partial charge in [0.1, 0.15) is 17.4 Å². The highest BCUT2D eigenvalue weighted by Gasteiger charge is 2.12. The van der Waals surface area contributed by atoms with E-state index in [2.05, 4.69) is 34.0 Å². The Balaban J connectivity index is 1.85. The van der Waals surface area contributed by atoms with Gasteiger partial charge >= 0.3 is 0 Å². The second kappa shape index (κ2) is 6.10. The number of hydrogen-bond acceptors (Lipinski definition) is 5. The monoisotopic (exact) mass is 284 g/mol. The summed E-state index contributed by atoms with van der Waals surface area (Å²) in [6.07, 6.45) is 1.59. The standard InChI is InChI=1S/C16H20N4O/c1-3-20(4-2)10-9-17-16-15-14(18-11-19-16)12-7-5-6-8-13(12)21-15/h5-8,11H,3-4,9-10H2,1-2H3,(H,17,18,19). The third-order valence-corrected chi connectivity index (χ3v) is 3.77. The van der Waals surface area contributed by atoms with Gasteiger partial charge in [0.05, 0.1) is 0 Å². The van der Waals surface area contributed by atoms with E-state index in [0.717, 1.165) is 54.1 Å². The lowest BCUT2D eigenvalue weighted by Crippen LogP contribution is -2.28. The number of fused-ring (bicyclic) bond motifs is 3. The largest absolute Gasteiger partial charge is 0.450 e. The van der Waals surface area contributed by atoms with Crippen LogP contribution in [0.15, 0.2) is 35.0 Å². The molecule has 0 radical (unpaired) electrons. The van der Waals surface area contributed by atoms with Crippen LogP contribution in [0, 0.1) is 0 Å². The molecule has 0 aliphatic carbocycles. The predicted molar refractivity (Wildman–Crippen MR) is 85.6 cm³/mol. The van der Waals surface area contributed by atoms with Crippen LogP contribution in [-0.4, -0.2) is 41.0 Å². The Hall–Kier alpha value is -2.14. The van der Waals surface area contributed by atoms with Crippen LogP contribution < -0.4 is 5.32 Å². The fourth-order valence-electron chi connectivity index (χ4n) is 2.52. The van der Waals surface area contributed by atoms with Gasteiger partial charge in [0.25, 0.3) is 0 Å². The summed E-state index contributed by atoms with van der Waals surface area (Å²) in [5.74, 6) is 0.767. The van der Waals surface area contributed by atoms with Crippen molar-refractivity contribution >= 4 is 27.9 Å². The quantitative estimate of drug-likeness (QED) is 0.753. The molecule has 0 aliphatic heterocycles. The lowest BCUT2D eigenvalue weighted by Gasteiger charge is -2.18. The minimum Gasteiger partial charge on any atom is -0.450 e. The number of aromatic nitrogens is 2. The summed E-state index contributed by atoms with van der Waals surface area (Å²) in [5, 5.41) is 4.39. The van der Waals surface area contributed by atoms with Gasteiger partial charge in [-0.2, -0.15) is 0 Å². The fraction of sp³-hybridized carbons (Fsp3) is 0.375. The molecule has 21 heavy (non-hydrogen) atoms. The van der Waals surface area contributed by atoms with Gasteiger partial charge in [-0.25, -0.2) is 9.97 Å². The summed E-state index contributed by atoms with van der Waals surface area (Å²) in [5.41, 5.74) is 2.45. The zero-order valence-electron chi connectivity index (χ0n) is 12.5. The normalized spacial score (nSPS) is 11.6. The zero-order chi connectivity index (χ0) is 14.7. The van der Waals surface area contributed by atoms with Gasteiger partial charge in [0, 0.05) is 18.5 Å². The highest BCUT2D eigenvalue weighted by molar-refractivity contribution is 6.05. The summed E-state index contributed by atoms with van der Waals surface area (Å²) in [6, 6.07) is 7.93. The molecule has 3 rings (SSSR count). The van der Waals surface area contributed by atoms with Crippen molar-refractivity contribution in [1.82, 2.24) is 14.9 Å². The van der Waals surface area contributed by atoms with Crippen molar-refractivity contribution in [2.75, 3.05) is 31.5 Å². The van der Waals surface area contributed by atoms with Crippen LogP contribution >= 0.6 is 0 Å². The Bertz CT molecular complexity index is 733. The minimum absolute atomic E-state index is 0.734. The fourth-order valence-corrected chi connectivity index (χ4v) is 2.52. The predicted octanol–water partition coefficient (Wildman–Crippen LogP) is 3.13. The number of likely N-dealkylation sites (N-methyl/N-ethyl adjacent to an activating group) is 1. The Morgan fingerprint density at radius 2 is 1.95 bits per heavy atom. The molecule has 0 saturated carbocycles. The van der Waals surface area contributed by atoms with Gasteiger partial charge in [0.2, 0.25) is 0 Å². The highest BCUT2D eigenvalue weighted by atomic mass is 16.3. The van der Waals surface area contributed by atoms with Crippen LogP contribution in [0.2, 0.25) is 0 Å². The Labute approximate surface area is 124 Å². The van der Waals surface area contributed by atoms with Crippen LogP contribution in [-0.2, 0) is 0 Å². The van der Waals surface area contributed by atoms with Crippen LogP contribution in [0.3, 0.4) is 0 Å². The molecule has 0 amide bonds. The second-order valence-corrected chi connectivity index (χ2v) is 4.95. The first-order valence-corrected chi connectivity index (χ1v) is 7.42. The summed E-state index contributed by atoms with van der Waals surface area (Å²) in [6.45, 7) is 8.28. The zero-order valence-corrected chi connectivity index (χ0v) is 12.5. The Kier molecular flexibility index (Phi) is 4.01. The molecule has 1 N–H and O–H groups in total. The summed E-state index contributed by atoms with van der Waals surface area (Å²) in [4.78, 5) is 11.0. The molecule has 0 spiro atoms. The maximum absolute atomic E-state index is 5.89. The number of rotatable bonds is 6. The van der Waals surface area contributed by atoms with Crippen molar-refractivity contribution < 1.29 is 4.42 Å². The third kappa shape index (κ3) is 2.69. The molecule has 0 aliphatic rings. The first-order chi connectivity index (χ1) is 10.3. The molecule has 0 saturated heterocycles. The average Bonchev–Trinajstić information content (AvgIpc) is 2.91. The number of nitrogens with zero attached hydrogens (tertiary/aromatic N) is 3. The smallest absolute Gasteiger partial charge is 0.196 e. The first kappa shape index (κ1) is 13.8. The summed E-state index contributed by atoms with van der Waals surface area (Å²) in [7, 11) is 0. The molecule has 3 aromatic rings. The molecule has 2 heterocycles. The number of nitrogens with one attached hydrogen (secondary N) is 1. The van der Waals surface area contributed by atoms with Gasteiger partial charge in [0.15, 0.2) is 11.4 Å². The SMILES string of the molecule is CCN(CC)CCNc1ncnc2c1oc1ccccc12. The van der Waals surface area contributed by atoms with Crippen molar-refractivity contribution in [2.45, 2.75) is 13.8 Å². The number of anilines is 1. The van der Waals surface area contributed by atoms with Gasteiger partial charge < -0.3 is 14.6 Å². The molecule has 5 nitrogen and oxygen atoms in total. The van der Waals surface area contributed by atoms with E-state index in [1.54, 1.807) is 6.33 Å². The number of hydrogen-bond donors (Lipinski definition) is 1. The second-order valence-electron chi connectivity index (χ2n) is 4.95. The van der Waals surface area contributed by atoms with Crippen LogP contribution in [0.25, 0.3) is 22.1 Å². The lowest BCUT2D eigenvalue weighted by atomic mass is 10.2. The molecule has 0 unspecified atom stereocenters. The van der Waals surface area contributed by atoms with Crippen molar-refractivity contribution in [3.8, 4) is 0 Å². The molecule has 0 bridgehead atoms.